The molecule has 0 spiro atoms. The molecule has 2 rings (SSSR count). The van der Waals surface area contributed by atoms with Gasteiger partial charge in [0.2, 0.25) is 5.89 Å². The molecule has 2 heterocycles. The molecule has 0 aliphatic carbocycles. The highest BCUT2D eigenvalue weighted by Crippen LogP contribution is 2.21. The van der Waals surface area contributed by atoms with Gasteiger partial charge in [-0.2, -0.15) is 0 Å². The SMILES string of the molecule is Cc1cnc(C(C)N2CCCNC2=O)o1. The van der Waals surface area contributed by atoms with Crippen molar-refractivity contribution in [2.75, 3.05) is 13.1 Å². The standard InChI is InChI=1S/C10H15N3O2/c1-7-6-12-9(15-7)8(2)13-5-3-4-11-10(13)14/h6,8H,3-5H2,1-2H3,(H,11,14). The van der Waals surface area contributed by atoms with Crippen LogP contribution in [0.2, 0.25) is 0 Å². The van der Waals surface area contributed by atoms with Crippen LogP contribution >= 0.6 is 0 Å². The molecule has 0 saturated carbocycles. The highest BCUT2D eigenvalue weighted by molar-refractivity contribution is 5.75. The van der Waals surface area contributed by atoms with Gasteiger partial charge in [-0.15, -0.1) is 0 Å². The quantitative estimate of drug-likeness (QED) is 0.802. The topological polar surface area (TPSA) is 58.4 Å². The lowest BCUT2D eigenvalue weighted by atomic mass is 10.2. The van der Waals surface area contributed by atoms with Crippen LogP contribution in [0.1, 0.15) is 31.0 Å². The van der Waals surface area contributed by atoms with Gasteiger partial charge >= 0.3 is 6.03 Å². The van der Waals surface area contributed by atoms with Gasteiger partial charge in [0.1, 0.15) is 11.8 Å². The first-order valence-electron chi connectivity index (χ1n) is 5.15. The van der Waals surface area contributed by atoms with Crippen molar-refractivity contribution in [1.29, 1.82) is 0 Å². The predicted octanol–water partition coefficient (Wildman–Crippen LogP) is 1.46. The second kappa shape index (κ2) is 3.92. The molecule has 82 valence electrons. The van der Waals surface area contributed by atoms with Crippen LogP contribution in [-0.2, 0) is 0 Å². The van der Waals surface area contributed by atoms with Crippen LogP contribution in [-0.4, -0.2) is 29.0 Å². The minimum atomic E-state index is -0.0981. The van der Waals surface area contributed by atoms with Crippen LogP contribution in [0, 0.1) is 6.92 Å². The molecule has 1 aliphatic rings. The van der Waals surface area contributed by atoms with Crippen LogP contribution in [0.3, 0.4) is 0 Å². The molecule has 1 unspecified atom stereocenters. The molecule has 1 aromatic rings. The van der Waals surface area contributed by atoms with Gasteiger partial charge in [0, 0.05) is 13.1 Å². The largest absolute Gasteiger partial charge is 0.444 e. The smallest absolute Gasteiger partial charge is 0.318 e. The second-order valence-corrected chi connectivity index (χ2v) is 3.76. The number of hydrogen-bond acceptors (Lipinski definition) is 3. The van der Waals surface area contributed by atoms with Gasteiger partial charge in [-0.05, 0) is 20.3 Å². The third-order valence-electron chi connectivity index (χ3n) is 2.58. The minimum absolute atomic E-state index is 0.0374. The van der Waals surface area contributed by atoms with Crippen molar-refractivity contribution < 1.29 is 9.21 Å². The number of amides is 2. The molecule has 15 heavy (non-hydrogen) atoms. The number of hydrogen-bond donors (Lipinski definition) is 1. The van der Waals surface area contributed by atoms with Gasteiger partial charge < -0.3 is 14.6 Å². The number of carbonyl (C=O) groups excluding carboxylic acids is 1. The number of nitrogens with zero attached hydrogens (tertiary/aromatic N) is 2. The van der Waals surface area contributed by atoms with Crippen molar-refractivity contribution in [3.8, 4) is 0 Å². The fourth-order valence-electron chi connectivity index (χ4n) is 1.72. The van der Waals surface area contributed by atoms with Crippen molar-refractivity contribution in [3.63, 3.8) is 0 Å². The van der Waals surface area contributed by atoms with E-state index in [0.717, 1.165) is 25.3 Å². The van der Waals surface area contributed by atoms with E-state index in [1.165, 1.54) is 0 Å². The lowest BCUT2D eigenvalue weighted by Crippen LogP contribution is -2.47. The maximum atomic E-state index is 11.6. The van der Waals surface area contributed by atoms with Crippen molar-refractivity contribution in [2.45, 2.75) is 26.3 Å². The average Bonchev–Trinajstić information content (AvgIpc) is 2.65. The van der Waals surface area contributed by atoms with Gasteiger partial charge in [-0.1, -0.05) is 0 Å². The Morgan fingerprint density at radius 2 is 2.47 bits per heavy atom. The maximum Gasteiger partial charge on any atom is 0.318 e. The molecule has 1 aliphatic heterocycles. The second-order valence-electron chi connectivity index (χ2n) is 3.76. The first-order valence-corrected chi connectivity index (χ1v) is 5.15. The molecular formula is C10H15N3O2. The van der Waals surface area contributed by atoms with E-state index in [9.17, 15) is 4.79 Å². The Balaban J connectivity index is 2.12. The molecule has 0 aromatic carbocycles. The fraction of sp³-hybridized carbons (Fsp3) is 0.600. The Bertz CT molecular complexity index is 361. The van der Waals surface area contributed by atoms with Gasteiger partial charge in [-0.25, -0.2) is 9.78 Å². The molecule has 1 saturated heterocycles. The van der Waals surface area contributed by atoms with E-state index < -0.39 is 0 Å². The Labute approximate surface area is 88.5 Å². The number of nitrogens with one attached hydrogen (secondary N) is 1. The maximum absolute atomic E-state index is 11.6. The first kappa shape index (κ1) is 10.0. The average molecular weight is 209 g/mol. The molecule has 5 heteroatoms. The summed E-state index contributed by atoms with van der Waals surface area (Å²) < 4.78 is 5.41. The van der Waals surface area contributed by atoms with Crippen LogP contribution in [0.15, 0.2) is 10.6 Å². The predicted molar refractivity (Wildman–Crippen MR) is 54.4 cm³/mol. The third-order valence-corrected chi connectivity index (χ3v) is 2.58. The Kier molecular flexibility index (Phi) is 2.62. The monoisotopic (exact) mass is 209 g/mol. The van der Waals surface area contributed by atoms with E-state index in [1.54, 1.807) is 11.1 Å². The van der Waals surface area contributed by atoms with Gasteiger partial charge in [0.05, 0.1) is 6.20 Å². The zero-order valence-electron chi connectivity index (χ0n) is 8.99. The number of rotatable bonds is 2. The van der Waals surface area contributed by atoms with Crippen LogP contribution in [0.4, 0.5) is 4.79 Å². The summed E-state index contributed by atoms with van der Waals surface area (Å²) in [5.74, 6) is 1.37. The summed E-state index contributed by atoms with van der Waals surface area (Å²) in [5.41, 5.74) is 0. The fourth-order valence-corrected chi connectivity index (χ4v) is 1.72. The highest BCUT2D eigenvalue weighted by atomic mass is 16.4. The lowest BCUT2D eigenvalue weighted by molar-refractivity contribution is 0.155. The van der Waals surface area contributed by atoms with Crippen molar-refractivity contribution in [3.05, 3.63) is 17.8 Å². The normalized spacial score (nSPS) is 18.8. The highest BCUT2D eigenvalue weighted by Gasteiger charge is 2.26. The summed E-state index contributed by atoms with van der Waals surface area (Å²) >= 11 is 0. The van der Waals surface area contributed by atoms with Gasteiger partial charge in [0.25, 0.3) is 0 Å². The molecule has 1 aromatic heterocycles. The van der Waals surface area contributed by atoms with Crippen LogP contribution in [0.5, 0.6) is 0 Å². The van der Waals surface area contributed by atoms with E-state index in [1.807, 2.05) is 13.8 Å². The number of oxazole rings is 1. The molecule has 0 bridgehead atoms. The summed E-state index contributed by atoms with van der Waals surface area (Å²) in [6.07, 6.45) is 2.64. The molecule has 5 nitrogen and oxygen atoms in total. The van der Waals surface area contributed by atoms with E-state index in [0.29, 0.717) is 5.89 Å². The van der Waals surface area contributed by atoms with Crippen molar-refractivity contribution in [2.24, 2.45) is 0 Å². The zero-order chi connectivity index (χ0) is 10.8. The van der Waals surface area contributed by atoms with E-state index in [2.05, 4.69) is 10.3 Å². The molecule has 1 N–H and O–H groups in total. The summed E-state index contributed by atoms with van der Waals surface area (Å²) in [6.45, 7) is 5.29. The van der Waals surface area contributed by atoms with Crippen molar-refractivity contribution >= 4 is 6.03 Å². The summed E-state index contributed by atoms with van der Waals surface area (Å²) in [4.78, 5) is 17.4. The number of carbonyl (C=O) groups is 1. The van der Waals surface area contributed by atoms with Gasteiger partial charge in [0.15, 0.2) is 0 Å². The van der Waals surface area contributed by atoms with Gasteiger partial charge in [-0.3, -0.25) is 0 Å². The lowest BCUT2D eigenvalue weighted by Gasteiger charge is -2.31. The summed E-state index contributed by atoms with van der Waals surface area (Å²) in [5, 5.41) is 2.81. The van der Waals surface area contributed by atoms with Crippen molar-refractivity contribution in [1.82, 2.24) is 15.2 Å². The summed E-state index contributed by atoms with van der Waals surface area (Å²) in [7, 11) is 0. The molecular weight excluding hydrogens is 194 g/mol. The third kappa shape index (κ3) is 1.95. The van der Waals surface area contributed by atoms with Crippen LogP contribution < -0.4 is 5.32 Å². The van der Waals surface area contributed by atoms with E-state index >= 15 is 0 Å². The Morgan fingerprint density at radius 1 is 1.67 bits per heavy atom. The molecule has 2 amide bonds. The van der Waals surface area contributed by atoms with E-state index in [-0.39, 0.29) is 12.1 Å². The molecule has 1 fully saturated rings. The molecule has 0 radical (unpaired) electrons. The van der Waals surface area contributed by atoms with E-state index in [4.69, 9.17) is 4.42 Å². The number of urea groups is 1. The summed E-state index contributed by atoms with van der Waals surface area (Å²) in [6, 6.07) is -0.136. The van der Waals surface area contributed by atoms with Crippen LogP contribution in [0.25, 0.3) is 0 Å². The Morgan fingerprint density at radius 3 is 3.07 bits per heavy atom. The first-order chi connectivity index (χ1) is 7.18. The Hall–Kier alpha value is -1.52. The zero-order valence-corrected chi connectivity index (χ0v) is 8.99. The number of aryl methyl sites for hydroxylation is 1. The minimum Gasteiger partial charge on any atom is -0.444 e. The number of aromatic nitrogens is 1. The molecule has 1 atom stereocenters.